The minimum absolute atomic E-state index is 0.131. The maximum absolute atomic E-state index is 11.7. The highest BCUT2D eigenvalue weighted by Gasteiger charge is 2.25. The summed E-state index contributed by atoms with van der Waals surface area (Å²) in [5.74, 6) is 0.282. The molecule has 3 heteroatoms. The second-order valence-electron chi connectivity index (χ2n) is 4.22. The second kappa shape index (κ2) is 4.58. The van der Waals surface area contributed by atoms with Gasteiger partial charge in [-0.2, -0.15) is 0 Å². The summed E-state index contributed by atoms with van der Waals surface area (Å²) in [4.78, 5) is 11.8. The molecule has 1 heterocycles. The number of ether oxygens (including phenoxy) is 1. The fourth-order valence-corrected chi connectivity index (χ4v) is 2.41. The molecule has 2 rings (SSSR count). The Kier molecular flexibility index (Phi) is 3.33. The number of fused-ring (bicyclic) bond motifs is 1. The predicted octanol–water partition coefficient (Wildman–Crippen LogP) is 3.81. The van der Waals surface area contributed by atoms with E-state index >= 15 is 0 Å². The summed E-state index contributed by atoms with van der Waals surface area (Å²) in [6.07, 6.45) is 1.07. The van der Waals surface area contributed by atoms with Crippen LogP contribution >= 0.6 is 15.9 Å². The van der Waals surface area contributed by atoms with Gasteiger partial charge in [0.05, 0.1) is 10.4 Å². The summed E-state index contributed by atoms with van der Waals surface area (Å²) >= 11 is 3.52. The van der Waals surface area contributed by atoms with E-state index in [0.717, 1.165) is 12.0 Å². The number of benzene rings is 1. The van der Waals surface area contributed by atoms with Gasteiger partial charge in [0.2, 0.25) is 0 Å². The van der Waals surface area contributed by atoms with E-state index in [2.05, 4.69) is 35.8 Å². The van der Waals surface area contributed by atoms with Crippen molar-refractivity contribution in [1.29, 1.82) is 0 Å². The zero-order valence-electron chi connectivity index (χ0n) is 9.50. The molecule has 2 atom stereocenters. The van der Waals surface area contributed by atoms with E-state index in [9.17, 15) is 4.79 Å². The highest BCUT2D eigenvalue weighted by Crippen LogP contribution is 2.33. The molecule has 1 aliphatic heterocycles. The number of esters is 1. The Morgan fingerprint density at radius 2 is 2.31 bits per heavy atom. The first kappa shape index (κ1) is 11.6. The van der Waals surface area contributed by atoms with Crippen molar-refractivity contribution in [3.8, 4) is 0 Å². The van der Waals surface area contributed by atoms with Gasteiger partial charge in [0.1, 0.15) is 6.61 Å². The largest absolute Gasteiger partial charge is 0.461 e. The van der Waals surface area contributed by atoms with Crippen LogP contribution in [-0.2, 0) is 4.74 Å². The zero-order valence-corrected chi connectivity index (χ0v) is 11.1. The molecule has 0 saturated carbocycles. The quantitative estimate of drug-likeness (QED) is 0.609. The first-order chi connectivity index (χ1) is 7.63. The summed E-state index contributed by atoms with van der Waals surface area (Å²) in [6.45, 7) is 4.74. The summed E-state index contributed by atoms with van der Waals surface area (Å²) in [7, 11) is 0. The number of hydrogen-bond acceptors (Lipinski definition) is 2. The second-order valence-corrected chi connectivity index (χ2v) is 5.33. The van der Waals surface area contributed by atoms with Crippen LogP contribution in [0.2, 0.25) is 0 Å². The normalized spacial score (nSPS) is 21.2. The topological polar surface area (TPSA) is 26.3 Å². The van der Waals surface area contributed by atoms with Gasteiger partial charge in [-0.05, 0) is 29.5 Å². The fraction of sp³-hybridized carbons (Fsp3) is 0.462. The van der Waals surface area contributed by atoms with Crippen LogP contribution in [0.15, 0.2) is 18.2 Å². The molecule has 0 aliphatic carbocycles. The summed E-state index contributed by atoms with van der Waals surface area (Å²) in [5.41, 5.74) is 2.97. The minimum Gasteiger partial charge on any atom is -0.461 e. The zero-order chi connectivity index (χ0) is 11.7. The lowest BCUT2D eigenvalue weighted by molar-refractivity contribution is 0.0478. The molecule has 86 valence electrons. The van der Waals surface area contributed by atoms with E-state index in [1.807, 2.05) is 12.1 Å². The average Bonchev–Trinajstić information content (AvgIpc) is 2.32. The first-order valence-corrected chi connectivity index (χ1v) is 6.50. The summed E-state index contributed by atoms with van der Waals surface area (Å²) < 4.78 is 5.10. The molecule has 1 aliphatic rings. The standard InChI is InChI=1S/C13H15BrO2/c1-3-8(2)9-4-5-10-11(6-9)13(15)16-7-12(10)14/h4-6,8,12H,3,7H2,1-2H3. The van der Waals surface area contributed by atoms with Crippen molar-refractivity contribution in [2.75, 3.05) is 6.61 Å². The number of carbonyl (C=O) groups excluding carboxylic acids is 1. The maximum Gasteiger partial charge on any atom is 0.338 e. The van der Waals surface area contributed by atoms with Crippen molar-refractivity contribution in [3.05, 3.63) is 34.9 Å². The van der Waals surface area contributed by atoms with Gasteiger partial charge in [0, 0.05) is 0 Å². The molecule has 2 nitrogen and oxygen atoms in total. The van der Waals surface area contributed by atoms with E-state index < -0.39 is 0 Å². The molecule has 0 spiro atoms. The average molecular weight is 283 g/mol. The molecule has 0 aromatic heterocycles. The molecule has 1 aromatic rings. The van der Waals surface area contributed by atoms with Crippen LogP contribution < -0.4 is 0 Å². The number of carbonyl (C=O) groups is 1. The number of cyclic esters (lactones) is 1. The Bertz CT molecular complexity index is 414. The van der Waals surface area contributed by atoms with Gasteiger partial charge in [0.15, 0.2) is 0 Å². The fourth-order valence-electron chi connectivity index (χ4n) is 1.88. The third-order valence-corrected chi connectivity index (χ3v) is 3.93. The third-order valence-electron chi connectivity index (χ3n) is 3.18. The van der Waals surface area contributed by atoms with E-state index in [-0.39, 0.29) is 10.8 Å². The Hall–Kier alpha value is -0.830. The van der Waals surface area contributed by atoms with Crippen LogP contribution in [0, 0.1) is 0 Å². The first-order valence-electron chi connectivity index (χ1n) is 5.58. The van der Waals surface area contributed by atoms with Crippen molar-refractivity contribution >= 4 is 21.9 Å². The number of alkyl halides is 1. The highest BCUT2D eigenvalue weighted by molar-refractivity contribution is 9.09. The van der Waals surface area contributed by atoms with Crippen LogP contribution in [0.1, 0.15) is 52.5 Å². The Balaban J connectivity index is 2.44. The Labute approximate surface area is 104 Å². The monoisotopic (exact) mass is 282 g/mol. The lowest BCUT2D eigenvalue weighted by atomic mass is 9.93. The van der Waals surface area contributed by atoms with Crippen molar-refractivity contribution < 1.29 is 9.53 Å². The van der Waals surface area contributed by atoms with E-state index in [1.165, 1.54) is 5.56 Å². The van der Waals surface area contributed by atoms with Gasteiger partial charge in [0.25, 0.3) is 0 Å². The highest BCUT2D eigenvalue weighted by atomic mass is 79.9. The van der Waals surface area contributed by atoms with Crippen LogP contribution in [0.3, 0.4) is 0 Å². The van der Waals surface area contributed by atoms with Gasteiger partial charge in [-0.1, -0.05) is 41.9 Å². The third kappa shape index (κ3) is 2.01. The molecule has 2 unspecified atom stereocenters. The smallest absolute Gasteiger partial charge is 0.338 e. The van der Waals surface area contributed by atoms with E-state index in [0.29, 0.717) is 18.1 Å². The molecule has 0 radical (unpaired) electrons. The van der Waals surface area contributed by atoms with Gasteiger partial charge >= 0.3 is 5.97 Å². The SMILES string of the molecule is CCC(C)c1ccc2c(c1)C(=O)OCC2Br. The van der Waals surface area contributed by atoms with Gasteiger partial charge in [-0.25, -0.2) is 4.79 Å². The lowest BCUT2D eigenvalue weighted by Gasteiger charge is -2.22. The molecule has 0 N–H and O–H groups in total. The van der Waals surface area contributed by atoms with Gasteiger partial charge < -0.3 is 4.74 Å². The van der Waals surface area contributed by atoms with Crippen molar-refractivity contribution in [2.24, 2.45) is 0 Å². The lowest BCUT2D eigenvalue weighted by Crippen LogP contribution is -2.19. The van der Waals surface area contributed by atoms with Crippen LogP contribution in [-0.4, -0.2) is 12.6 Å². The Morgan fingerprint density at radius 3 is 3.00 bits per heavy atom. The number of hydrogen-bond donors (Lipinski definition) is 0. The summed E-state index contributed by atoms with van der Waals surface area (Å²) in [5, 5.41) is 0. The van der Waals surface area contributed by atoms with Crippen LogP contribution in [0.25, 0.3) is 0 Å². The van der Waals surface area contributed by atoms with Crippen molar-refractivity contribution in [1.82, 2.24) is 0 Å². The van der Waals surface area contributed by atoms with Gasteiger partial charge in [-0.3, -0.25) is 0 Å². The molecule has 0 amide bonds. The molecule has 0 bridgehead atoms. The minimum atomic E-state index is -0.198. The predicted molar refractivity (Wildman–Crippen MR) is 67.1 cm³/mol. The van der Waals surface area contributed by atoms with E-state index in [4.69, 9.17) is 4.74 Å². The van der Waals surface area contributed by atoms with Crippen LogP contribution in [0.4, 0.5) is 0 Å². The van der Waals surface area contributed by atoms with Crippen molar-refractivity contribution in [2.45, 2.75) is 31.0 Å². The summed E-state index contributed by atoms with van der Waals surface area (Å²) in [6, 6.07) is 6.12. The van der Waals surface area contributed by atoms with Crippen molar-refractivity contribution in [3.63, 3.8) is 0 Å². The number of rotatable bonds is 2. The van der Waals surface area contributed by atoms with Crippen LogP contribution in [0.5, 0.6) is 0 Å². The van der Waals surface area contributed by atoms with Gasteiger partial charge in [-0.15, -0.1) is 0 Å². The molecule has 1 aromatic carbocycles. The Morgan fingerprint density at radius 1 is 1.56 bits per heavy atom. The molecular formula is C13H15BrO2. The maximum atomic E-state index is 11.7. The van der Waals surface area contributed by atoms with E-state index in [1.54, 1.807) is 0 Å². The molecular weight excluding hydrogens is 268 g/mol. The molecule has 0 fully saturated rings. The number of halogens is 1. The molecule has 16 heavy (non-hydrogen) atoms. The molecule has 0 saturated heterocycles.